The normalized spacial score (nSPS) is 36.3. The molecule has 2 atom stereocenters. The highest BCUT2D eigenvalue weighted by atomic mass is 15.2. The number of benzene rings is 1. The van der Waals surface area contributed by atoms with E-state index in [0.29, 0.717) is 11.0 Å². The quantitative estimate of drug-likeness (QED) is 0.647. The van der Waals surface area contributed by atoms with Crippen LogP contribution in [0.2, 0.25) is 0 Å². The molecule has 0 saturated heterocycles. The van der Waals surface area contributed by atoms with Crippen LogP contribution >= 0.6 is 0 Å². The molecule has 0 aromatic heterocycles. The fourth-order valence-electron chi connectivity index (χ4n) is 4.13. The van der Waals surface area contributed by atoms with E-state index >= 15 is 0 Å². The molecular formula is C16H23N. The second-order valence-electron chi connectivity index (χ2n) is 6.24. The molecule has 1 nitrogen and oxygen atoms in total. The average molecular weight is 229 g/mol. The van der Waals surface area contributed by atoms with Gasteiger partial charge in [-0.3, -0.25) is 0 Å². The summed E-state index contributed by atoms with van der Waals surface area (Å²) in [4.78, 5) is 2.55. The van der Waals surface area contributed by atoms with Gasteiger partial charge < -0.3 is 4.90 Å². The van der Waals surface area contributed by atoms with Gasteiger partial charge in [0.05, 0.1) is 0 Å². The van der Waals surface area contributed by atoms with Gasteiger partial charge in [0.25, 0.3) is 0 Å². The van der Waals surface area contributed by atoms with E-state index in [9.17, 15) is 0 Å². The van der Waals surface area contributed by atoms with E-state index in [1.54, 1.807) is 5.56 Å². The highest BCUT2D eigenvalue weighted by molar-refractivity contribution is 5.66. The predicted octanol–water partition coefficient (Wildman–Crippen LogP) is 4.12. The van der Waals surface area contributed by atoms with Crippen LogP contribution in [0.4, 0.5) is 5.69 Å². The largest absolute Gasteiger partial charge is 0.368 e. The fraction of sp³-hybridized carbons (Fsp3) is 0.625. The van der Waals surface area contributed by atoms with Crippen LogP contribution in [-0.2, 0) is 5.41 Å². The number of fused-ring (bicyclic) bond motifs is 3. The van der Waals surface area contributed by atoms with Crippen molar-refractivity contribution in [2.45, 2.75) is 56.9 Å². The van der Waals surface area contributed by atoms with Crippen molar-refractivity contribution in [3.05, 3.63) is 29.8 Å². The molecule has 2 aliphatic rings. The first kappa shape index (κ1) is 11.1. The van der Waals surface area contributed by atoms with Crippen LogP contribution in [0.25, 0.3) is 0 Å². The number of hydrogen-bond acceptors (Lipinski definition) is 1. The number of hydrogen-bond donors (Lipinski definition) is 0. The molecule has 92 valence electrons. The number of para-hydroxylation sites is 1. The molecular weight excluding hydrogens is 206 g/mol. The highest BCUT2D eigenvalue weighted by Gasteiger charge is 2.54. The van der Waals surface area contributed by atoms with Gasteiger partial charge in [0.1, 0.15) is 0 Å². The van der Waals surface area contributed by atoms with Crippen LogP contribution in [0, 0.1) is 0 Å². The minimum atomic E-state index is 0.313. The lowest BCUT2D eigenvalue weighted by molar-refractivity contribution is 0.254. The Morgan fingerprint density at radius 3 is 2.53 bits per heavy atom. The van der Waals surface area contributed by atoms with Gasteiger partial charge in [-0.1, -0.05) is 44.4 Å². The molecule has 17 heavy (non-hydrogen) atoms. The Hall–Kier alpha value is -0.980. The van der Waals surface area contributed by atoms with E-state index in [1.165, 1.54) is 37.8 Å². The molecule has 1 fully saturated rings. The molecule has 2 unspecified atom stereocenters. The third kappa shape index (κ3) is 1.26. The summed E-state index contributed by atoms with van der Waals surface area (Å²) in [5, 5.41) is 0. The van der Waals surface area contributed by atoms with E-state index in [-0.39, 0.29) is 0 Å². The van der Waals surface area contributed by atoms with Crippen LogP contribution in [-0.4, -0.2) is 12.6 Å². The van der Waals surface area contributed by atoms with Crippen molar-refractivity contribution in [1.82, 2.24) is 0 Å². The zero-order chi connectivity index (χ0) is 12.1. The minimum Gasteiger partial charge on any atom is -0.368 e. The molecule has 1 aromatic rings. The Balaban J connectivity index is 2.20. The van der Waals surface area contributed by atoms with Gasteiger partial charge in [-0.2, -0.15) is 0 Å². The standard InChI is InChI=1S/C16H23N/c1-15-11-7-4-8-12-16(15,2)17(3)14-10-6-5-9-13(14)15/h5-6,9-10H,4,7-8,11-12H2,1-3H3. The summed E-state index contributed by atoms with van der Waals surface area (Å²) in [5.74, 6) is 0. The van der Waals surface area contributed by atoms with E-state index in [2.05, 4.69) is 50.1 Å². The average Bonchev–Trinajstić information content (AvgIpc) is 2.46. The molecule has 0 radical (unpaired) electrons. The van der Waals surface area contributed by atoms with E-state index in [1.807, 2.05) is 0 Å². The van der Waals surface area contributed by atoms with Crippen LogP contribution in [0.5, 0.6) is 0 Å². The maximum atomic E-state index is 2.55. The van der Waals surface area contributed by atoms with E-state index in [4.69, 9.17) is 0 Å². The van der Waals surface area contributed by atoms with E-state index in [0.717, 1.165) is 0 Å². The van der Waals surface area contributed by atoms with Crippen molar-refractivity contribution in [1.29, 1.82) is 0 Å². The number of nitrogens with zero attached hydrogens (tertiary/aromatic N) is 1. The van der Waals surface area contributed by atoms with Gasteiger partial charge in [0, 0.05) is 23.7 Å². The molecule has 0 bridgehead atoms. The number of likely N-dealkylation sites (N-methyl/N-ethyl adjacent to an activating group) is 1. The highest BCUT2D eigenvalue weighted by Crippen LogP contribution is 2.56. The topological polar surface area (TPSA) is 3.24 Å². The molecule has 1 aliphatic carbocycles. The van der Waals surface area contributed by atoms with Crippen LogP contribution in [0.15, 0.2) is 24.3 Å². The van der Waals surface area contributed by atoms with Gasteiger partial charge in [0.15, 0.2) is 0 Å². The van der Waals surface area contributed by atoms with Crippen molar-refractivity contribution < 1.29 is 0 Å². The minimum absolute atomic E-state index is 0.313. The summed E-state index contributed by atoms with van der Waals surface area (Å²) in [6, 6.07) is 9.02. The Bertz CT molecular complexity index is 439. The summed E-state index contributed by atoms with van der Waals surface area (Å²) in [7, 11) is 2.29. The van der Waals surface area contributed by atoms with Gasteiger partial charge in [-0.25, -0.2) is 0 Å². The zero-order valence-electron chi connectivity index (χ0n) is 11.3. The molecule has 1 saturated carbocycles. The number of anilines is 1. The lowest BCUT2D eigenvalue weighted by Crippen LogP contribution is -2.52. The molecule has 0 spiro atoms. The van der Waals surface area contributed by atoms with Crippen molar-refractivity contribution in [2.75, 3.05) is 11.9 Å². The molecule has 0 amide bonds. The third-order valence-electron chi connectivity index (χ3n) is 5.63. The Morgan fingerprint density at radius 1 is 1.00 bits per heavy atom. The van der Waals surface area contributed by atoms with Crippen LogP contribution < -0.4 is 4.90 Å². The monoisotopic (exact) mass is 229 g/mol. The smallest absolute Gasteiger partial charge is 0.0465 e. The van der Waals surface area contributed by atoms with Crippen molar-refractivity contribution in [3.8, 4) is 0 Å². The molecule has 1 aromatic carbocycles. The van der Waals surface area contributed by atoms with Crippen LogP contribution in [0.3, 0.4) is 0 Å². The lowest BCUT2D eigenvalue weighted by Gasteiger charge is -2.45. The van der Waals surface area contributed by atoms with Crippen molar-refractivity contribution >= 4 is 5.69 Å². The summed E-state index contributed by atoms with van der Waals surface area (Å²) in [6.07, 6.45) is 6.83. The second kappa shape index (κ2) is 3.51. The fourth-order valence-corrected chi connectivity index (χ4v) is 4.13. The van der Waals surface area contributed by atoms with Gasteiger partial charge in [0.2, 0.25) is 0 Å². The second-order valence-corrected chi connectivity index (χ2v) is 6.24. The molecule has 1 heteroatoms. The zero-order valence-corrected chi connectivity index (χ0v) is 11.3. The lowest BCUT2D eigenvalue weighted by atomic mass is 9.67. The SMILES string of the molecule is CN1c2ccccc2C2(C)CCCCCC12C. The maximum Gasteiger partial charge on any atom is 0.0465 e. The molecule has 3 rings (SSSR count). The predicted molar refractivity (Wildman–Crippen MR) is 73.7 cm³/mol. The third-order valence-corrected chi connectivity index (χ3v) is 5.63. The van der Waals surface area contributed by atoms with Crippen molar-refractivity contribution in [3.63, 3.8) is 0 Å². The summed E-state index contributed by atoms with van der Waals surface area (Å²) in [5.41, 5.74) is 3.69. The Morgan fingerprint density at radius 2 is 1.71 bits per heavy atom. The van der Waals surface area contributed by atoms with Crippen molar-refractivity contribution in [2.24, 2.45) is 0 Å². The summed E-state index contributed by atoms with van der Waals surface area (Å²) in [6.45, 7) is 4.96. The first-order valence-corrected chi connectivity index (χ1v) is 6.93. The van der Waals surface area contributed by atoms with E-state index < -0.39 is 0 Å². The first-order valence-electron chi connectivity index (χ1n) is 6.93. The van der Waals surface area contributed by atoms with Gasteiger partial charge in [-0.05, 0) is 31.4 Å². The summed E-state index contributed by atoms with van der Waals surface area (Å²) < 4.78 is 0. The number of rotatable bonds is 0. The van der Waals surface area contributed by atoms with Gasteiger partial charge in [-0.15, -0.1) is 0 Å². The Kier molecular flexibility index (Phi) is 2.30. The molecule has 1 heterocycles. The molecule has 1 aliphatic heterocycles. The van der Waals surface area contributed by atoms with Crippen LogP contribution in [0.1, 0.15) is 51.5 Å². The van der Waals surface area contributed by atoms with Gasteiger partial charge >= 0.3 is 0 Å². The Labute approximate surface area is 105 Å². The molecule has 0 N–H and O–H groups in total. The first-order chi connectivity index (χ1) is 8.09. The summed E-state index contributed by atoms with van der Waals surface area (Å²) >= 11 is 0. The maximum absolute atomic E-state index is 2.55.